The molecule has 1 saturated heterocycles. The topological polar surface area (TPSA) is 84.6 Å². The van der Waals surface area contributed by atoms with Crippen LogP contribution in [0.25, 0.3) is 0 Å². The van der Waals surface area contributed by atoms with Gasteiger partial charge < -0.3 is 14.9 Å². The number of piperidine rings is 1. The summed E-state index contributed by atoms with van der Waals surface area (Å²) >= 11 is 0. The average Bonchev–Trinajstić information content (AvgIpc) is 2.36. The maximum atomic E-state index is 12.7. The van der Waals surface area contributed by atoms with Crippen molar-refractivity contribution in [2.75, 3.05) is 13.1 Å². The Bertz CT molecular complexity index is 440. The molecule has 6 nitrogen and oxygen atoms in total. The monoisotopic (exact) mass is 295 g/mol. The lowest BCUT2D eigenvalue weighted by atomic mass is 9.76. The van der Waals surface area contributed by atoms with E-state index in [1.54, 1.807) is 4.90 Å². The van der Waals surface area contributed by atoms with Gasteiger partial charge in [0.25, 0.3) is 0 Å². The number of hydrogen-bond donors (Lipinski definition) is 1. The molecule has 1 aliphatic rings. The van der Waals surface area contributed by atoms with E-state index >= 15 is 0 Å². The van der Waals surface area contributed by atoms with Crippen LogP contribution in [0.2, 0.25) is 0 Å². The zero-order valence-corrected chi connectivity index (χ0v) is 13.3. The molecular weight excluding hydrogens is 270 g/mol. The summed E-state index contributed by atoms with van der Waals surface area (Å²) in [5.74, 6) is -0.961. The summed E-state index contributed by atoms with van der Waals surface area (Å²) in [4.78, 5) is 27.4. The molecule has 0 radical (unpaired) electrons. The highest BCUT2D eigenvalue weighted by atomic mass is 16.4. The number of likely N-dealkylation sites (tertiary alicyclic amines) is 1. The Morgan fingerprint density at radius 3 is 2.57 bits per heavy atom. The Kier molecular flexibility index (Phi) is 5.59. The molecule has 1 unspecified atom stereocenters. The van der Waals surface area contributed by atoms with Crippen LogP contribution in [0.4, 0.5) is 4.79 Å². The summed E-state index contributed by atoms with van der Waals surface area (Å²) in [6, 6.07) is 0.873. The van der Waals surface area contributed by atoms with Gasteiger partial charge in [0.1, 0.15) is 6.04 Å². The van der Waals surface area contributed by atoms with E-state index in [1.807, 2.05) is 33.8 Å². The summed E-state index contributed by atoms with van der Waals surface area (Å²) in [5, 5.41) is 18.2. The molecule has 0 bridgehead atoms. The second-order valence-corrected chi connectivity index (χ2v) is 6.50. The smallest absolute Gasteiger partial charge is 0.327 e. The molecule has 0 aromatic rings. The van der Waals surface area contributed by atoms with Gasteiger partial charge in [-0.2, -0.15) is 5.26 Å². The molecule has 2 amide bonds. The maximum absolute atomic E-state index is 12.7. The van der Waals surface area contributed by atoms with E-state index in [9.17, 15) is 14.7 Å². The fourth-order valence-corrected chi connectivity index (χ4v) is 2.98. The van der Waals surface area contributed by atoms with E-state index in [0.29, 0.717) is 13.1 Å². The molecule has 0 aromatic heterocycles. The van der Waals surface area contributed by atoms with Crippen molar-refractivity contribution < 1.29 is 14.7 Å². The van der Waals surface area contributed by atoms with Crippen LogP contribution in [0.15, 0.2) is 0 Å². The number of nitrogens with zero attached hydrogens (tertiary/aromatic N) is 3. The molecule has 0 aliphatic carbocycles. The number of hydrogen-bond acceptors (Lipinski definition) is 3. The second kappa shape index (κ2) is 6.79. The summed E-state index contributed by atoms with van der Waals surface area (Å²) in [6.45, 7) is 8.31. The molecule has 21 heavy (non-hydrogen) atoms. The third-order valence-corrected chi connectivity index (χ3v) is 4.09. The van der Waals surface area contributed by atoms with E-state index in [-0.39, 0.29) is 18.5 Å². The van der Waals surface area contributed by atoms with Crippen LogP contribution in [0.5, 0.6) is 0 Å². The van der Waals surface area contributed by atoms with Gasteiger partial charge in [-0.3, -0.25) is 0 Å². The van der Waals surface area contributed by atoms with E-state index in [1.165, 1.54) is 4.90 Å². The van der Waals surface area contributed by atoms with E-state index in [2.05, 4.69) is 0 Å². The van der Waals surface area contributed by atoms with Crippen molar-refractivity contribution in [2.24, 2.45) is 5.41 Å². The Hall–Kier alpha value is -1.77. The number of urea groups is 1. The lowest BCUT2D eigenvalue weighted by molar-refractivity contribution is -0.148. The SMILES string of the molecule is CC(C)N(CCC#N)C(=O)N1CCCC(C)(C)C1C(=O)O. The van der Waals surface area contributed by atoms with Crippen LogP contribution < -0.4 is 0 Å². The fraction of sp³-hybridized carbons (Fsp3) is 0.800. The number of rotatable bonds is 4. The number of carbonyl (C=O) groups excluding carboxylic acids is 1. The number of carboxylic acids is 1. The molecule has 6 heteroatoms. The van der Waals surface area contributed by atoms with Gasteiger partial charge in [0.05, 0.1) is 12.5 Å². The van der Waals surface area contributed by atoms with Crippen molar-refractivity contribution in [2.45, 2.75) is 59.0 Å². The van der Waals surface area contributed by atoms with Gasteiger partial charge in [-0.1, -0.05) is 13.8 Å². The van der Waals surface area contributed by atoms with Crippen LogP contribution in [0, 0.1) is 16.7 Å². The van der Waals surface area contributed by atoms with E-state index in [4.69, 9.17) is 5.26 Å². The molecule has 1 rings (SSSR count). The van der Waals surface area contributed by atoms with Crippen molar-refractivity contribution >= 4 is 12.0 Å². The Morgan fingerprint density at radius 2 is 2.10 bits per heavy atom. The van der Waals surface area contributed by atoms with Crippen molar-refractivity contribution in [1.29, 1.82) is 5.26 Å². The summed E-state index contributed by atoms with van der Waals surface area (Å²) in [7, 11) is 0. The van der Waals surface area contributed by atoms with E-state index < -0.39 is 17.4 Å². The van der Waals surface area contributed by atoms with Crippen LogP contribution in [0.3, 0.4) is 0 Å². The number of carboxylic acid groups (broad SMARTS) is 1. The Morgan fingerprint density at radius 1 is 1.48 bits per heavy atom. The molecule has 1 fully saturated rings. The fourth-order valence-electron chi connectivity index (χ4n) is 2.98. The third kappa shape index (κ3) is 3.87. The summed E-state index contributed by atoms with van der Waals surface area (Å²) in [6.07, 6.45) is 1.83. The number of amides is 2. The van der Waals surface area contributed by atoms with Gasteiger partial charge in [0.2, 0.25) is 0 Å². The zero-order chi connectivity index (χ0) is 16.2. The molecule has 0 aromatic carbocycles. The Labute approximate surface area is 126 Å². The second-order valence-electron chi connectivity index (χ2n) is 6.50. The number of nitriles is 1. The lowest BCUT2D eigenvalue weighted by Crippen LogP contribution is -2.60. The molecule has 0 spiro atoms. The van der Waals surface area contributed by atoms with Crippen LogP contribution >= 0.6 is 0 Å². The highest BCUT2D eigenvalue weighted by Gasteiger charge is 2.45. The minimum atomic E-state index is -0.961. The molecule has 1 atom stereocenters. The van der Waals surface area contributed by atoms with Crippen molar-refractivity contribution in [3.05, 3.63) is 0 Å². The largest absolute Gasteiger partial charge is 0.480 e. The summed E-state index contributed by atoms with van der Waals surface area (Å²) < 4.78 is 0. The highest BCUT2D eigenvalue weighted by molar-refractivity contribution is 5.83. The average molecular weight is 295 g/mol. The zero-order valence-electron chi connectivity index (χ0n) is 13.3. The predicted molar refractivity (Wildman–Crippen MR) is 78.6 cm³/mol. The molecule has 118 valence electrons. The molecular formula is C15H25N3O3. The van der Waals surface area contributed by atoms with Crippen LogP contribution in [-0.2, 0) is 4.79 Å². The van der Waals surface area contributed by atoms with Crippen LogP contribution in [-0.4, -0.2) is 52.1 Å². The molecule has 1 aliphatic heterocycles. The van der Waals surface area contributed by atoms with Gasteiger partial charge in [0.15, 0.2) is 0 Å². The van der Waals surface area contributed by atoms with Gasteiger partial charge in [-0.05, 0) is 32.1 Å². The first-order valence-electron chi connectivity index (χ1n) is 7.39. The van der Waals surface area contributed by atoms with Crippen LogP contribution in [0.1, 0.15) is 47.0 Å². The quantitative estimate of drug-likeness (QED) is 0.862. The first-order valence-corrected chi connectivity index (χ1v) is 7.39. The predicted octanol–water partition coefficient (Wildman–Crippen LogP) is 2.31. The normalized spacial score (nSPS) is 21.0. The minimum absolute atomic E-state index is 0.0645. The Balaban J connectivity index is 3.01. The highest BCUT2D eigenvalue weighted by Crippen LogP contribution is 2.36. The van der Waals surface area contributed by atoms with Crippen molar-refractivity contribution in [1.82, 2.24) is 9.80 Å². The van der Waals surface area contributed by atoms with Gasteiger partial charge >= 0.3 is 12.0 Å². The molecule has 1 heterocycles. The third-order valence-electron chi connectivity index (χ3n) is 4.09. The molecule has 0 saturated carbocycles. The first kappa shape index (κ1) is 17.3. The lowest BCUT2D eigenvalue weighted by Gasteiger charge is -2.46. The number of aliphatic carboxylic acids is 1. The van der Waals surface area contributed by atoms with Gasteiger partial charge in [0, 0.05) is 19.1 Å². The number of carbonyl (C=O) groups is 2. The van der Waals surface area contributed by atoms with Gasteiger partial charge in [-0.25, -0.2) is 9.59 Å². The van der Waals surface area contributed by atoms with Crippen molar-refractivity contribution in [3.63, 3.8) is 0 Å². The standard InChI is InChI=1S/C15H25N3O3/c1-11(2)17(10-6-8-16)14(21)18-9-5-7-15(3,4)12(18)13(19)20/h11-12H,5-7,9-10H2,1-4H3,(H,19,20). The maximum Gasteiger partial charge on any atom is 0.327 e. The minimum Gasteiger partial charge on any atom is -0.480 e. The van der Waals surface area contributed by atoms with Crippen molar-refractivity contribution in [3.8, 4) is 6.07 Å². The van der Waals surface area contributed by atoms with Gasteiger partial charge in [-0.15, -0.1) is 0 Å². The first-order chi connectivity index (χ1) is 9.72. The van der Waals surface area contributed by atoms with E-state index in [0.717, 1.165) is 12.8 Å². The summed E-state index contributed by atoms with van der Waals surface area (Å²) in [5.41, 5.74) is -0.447. The molecule has 1 N–H and O–H groups in total.